The molecule has 1 aromatic rings. The highest BCUT2D eigenvalue weighted by atomic mass is 32.2. The number of carbonyl (C=O) groups excluding carboxylic acids is 2. The van der Waals surface area contributed by atoms with Crippen LogP contribution in [0, 0.1) is 5.92 Å². The molecular weight excluding hydrogens is 392 g/mol. The van der Waals surface area contributed by atoms with Gasteiger partial charge in [0.15, 0.2) is 0 Å². The van der Waals surface area contributed by atoms with Crippen molar-refractivity contribution in [2.45, 2.75) is 36.6 Å². The second-order valence-electron chi connectivity index (χ2n) is 5.38. The monoisotopic (exact) mass is 405 g/mol. The lowest BCUT2D eigenvalue weighted by Gasteiger charge is -2.41. The maximum absolute atomic E-state index is 13.5. The van der Waals surface area contributed by atoms with Gasteiger partial charge in [0.25, 0.3) is 0 Å². The smallest absolute Gasteiger partial charge is 0.299 e. The van der Waals surface area contributed by atoms with Gasteiger partial charge in [0.1, 0.15) is 17.5 Å². The lowest BCUT2D eigenvalue weighted by atomic mass is 9.78. The number of sulfonamides is 1. The van der Waals surface area contributed by atoms with E-state index >= 15 is 0 Å². The molecule has 0 aliphatic heterocycles. The number of ketones is 2. The van der Waals surface area contributed by atoms with Crippen molar-refractivity contribution in [2.24, 2.45) is 5.92 Å². The zero-order valence-electron chi connectivity index (χ0n) is 13.3. The molecule has 146 valence electrons. The van der Waals surface area contributed by atoms with E-state index < -0.39 is 50.3 Å². The molecule has 0 fully saturated rings. The molecule has 1 rings (SSSR count). The Balaban J connectivity index is 3.81. The summed E-state index contributed by atoms with van der Waals surface area (Å²) in [6.07, 6.45) is -12.7. The van der Waals surface area contributed by atoms with Crippen LogP contribution in [0.4, 0.5) is 26.3 Å². The Hall–Kier alpha value is -1.95. The predicted octanol–water partition coefficient (Wildman–Crippen LogP) is 2.62. The van der Waals surface area contributed by atoms with Gasteiger partial charge in [0.05, 0.1) is 4.90 Å². The average Bonchev–Trinajstić information content (AvgIpc) is 2.44. The van der Waals surface area contributed by atoms with E-state index in [1.54, 1.807) is 0 Å². The van der Waals surface area contributed by atoms with Gasteiger partial charge in [0.2, 0.25) is 15.6 Å². The first-order valence-corrected chi connectivity index (χ1v) is 8.29. The van der Waals surface area contributed by atoms with E-state index in [1.807, 2.05) is 0 Å². The van der Waals surface area contributed by atoms with Crippen LogP contribution in [-0.4, -0.2) is 37.9 Å². The van der Waals surface area contributed by atoms with Crippen LogP contribution < -0.4 is 4.72 Å². The summed E-state index contributed by atoms with van der Waals surface area (Å²) in [4.78, 5) is 22.1. The Morgan fingerprint density at radius 1 is 0.885 bits per heavy atom. The first kappa shape index (κ1) is 22.1. The second-order valence-corrected chi connectivity index (χ2v) is 7.06. The van der Waals surface area contributed by atoms with Gasteiger partial charge in [-0.3, -0.25) is 9.59 Å². The summed E-state index contributed by atoms with van der Waals surface area (Å²) in [5.41, 5.74) is -5.31. The molecule has 0 heterocycles. The molecule has 0 atom stereocenters. The van der Waals surface area contributed by atoms with E-state index in [2.05, 4.69) is 0 Å². The minimum atomic E-state index is -6.34. The van der Waals surface area contributed by atoms with E-state index in [0.717, 1.165) is 24.3 Å². The molecule has 5 nitrogen and oxygen atoms in total. The topological polar surface area (TPSA) is 80.3 Å². The SMILES string of the molecule is CC(=O)C(C(C)=O)C(NS(=O)(=O)c1ccccc1)(C(F)(F)F)C(F)(F)F. The van der Waals surface area contributed by atoms with Gasteiger partial charge in [-0.15, -0.1) is 0 Å². The second kappa shape index (κ2) is 6.99. The molecule has 0 spiro atoms. The Kier molecular flexibility index (Phi) is 5.94. The fraction of sp³-hybridized carbons (Fsp3) is 0.429. The number of nitrogens with one attached hydrogen (secondary N) is 1. The zero-order chi connectivity index (χ0) is 20.6. The quantitative estimate of drug-likeness (QED) is 0.583. The lowest BCUT2D eigenvalue weighted by Crippen LogP contribution is -2.73. The number of Topliss-reactive ketones (excluding diaryl/α,β-unsaturated/α-hetero) is 2. The number of benzene rings is 1. The molecular formula is C14H13F6NO4S. The highest BCUT2D eigenvalue weighted by molar-refractivity contribution is 7.89. The Bertz CT molecular complexity index is 758. The van der Waals surface area contributed by atoms with Crippen LogP contribution >= 0.6 is 0 Å². The molecule has 0 aliphatic rings. The van der Waals surface area contributed by atoms with E-state index in [9.17, 15) is 44.3 Å². The average molecular weight is 405 g/mol. The lowest BCUT2D eigenvalue weighted by molar-refractivity contribution is -0.310. The molecule has 0 aliphatic carbocycles. The van der Waals surface area contributed by atoms with Crippen molar-refractivity contribution in [3.8, 4) is 0 Å². The van der Waals surface area contributed by atoms with Crippen molar-refractivity contribution in [1.29, 1.82) is 0 Å². The van der Waals surface area contributed by atoms with Crippen molar-refractivity contribution in [3.63, 3.8) is 0 Å². The van der Waals surface area contributed by atoms with Crippen molar-refractivity contribution < 1.29 is 44.3 Å². The summed E-state index contributed by atoms with van der Waals surface area (Å²) in [5, 5.41) is 0. The number of rotatable bonds is 6. The zero-order valence-corrected chi connectivity index (χ0v) is 14.1. The van der Waals surface area contributed by atoms with Crippen LogP contribution in [0.25, 0.3) is 0 Å². The number of halogens is 6. The number of alkyl halides is 6. The maximum atomic E-state index is 13.5. The summed E-state index contributed by atoms with van der Waals surface area (Å²) in [6, 6.07) is 4.95. The van der Waals surface area contributed by atoms with Crippen LogP contribution in [0.15, 0.2) is 35.2 Å². The molecule has 12 heteroatoms. The summed E-state index contributed by atoms with van der Waals surface area (Å²) in [5.74, 6) is -6.92. The molecule has 0 saturated carbocycles. The van der Waals surface area contributed by atoms with Crippen molar-refractivity contribution in [1.82, 2.24) is 4.72 Å². The largest absolute Gasteiger partial charge is 0.417 e. The third-order valence-electron chi connectivity index (χ3n) is 3.49. The molecule has 1 N–H and O–H groups in total. The van der Waals surface area contributed by atoms with E-state index in [0.29, 0.717) is 18.6 Å². The minimum Gasteiger partial charge on any atom is -0.299 e. The first-order chi connectivity index (χ1) is 11.6. The number of hydrogen-bond donors (Lipinski definition) is 1. The Labute approximate surface area is 144 Å². The molecule has 0 amide bonds. The molecule has 0 bridgehead atoms. The molecule has 1 aromatic carbocycles. The first-order valence-electron chi connectivity index (χ1n) is 6.81. The van der Waals surface area contributed by atoms with Crippen LogP contribution in [0.3, 0.4) is 0 Å². The maximum Gasteiger partial charge on any atom is 0.417 e. The third-order valence-corrected chi connectivity index (χ3v) is 4.97. The van der Waals surface area contributed by atoms with E-state index in [4.69, 9.17) is 0 Å². The van der Waals surface area contributed by atoms with Gasteiger partial charge in [-0.1, -0.05) is 18.2 Å². The summed E-state index contributed by atoms with van der Waals surface area (Å²) in [7, 11) is -5.39. The van der Waals surface area contributed by atoms with Crippen LogP contribution in [0.5, 0.6) is 0 Å². The van der Waals surface area contributed by atoms with Gasteiger partial charge in [-0.2, -0.15) is 31.1 Å². The number of carbonyl (C=O) groups is 2. The van der Waals surface area contributed by atoms with Crippen molar-refractivity contribution in [2.75, 3.05) is 0 Å². The molecule has 0 unspecified atom stereocenters. The number of hydrogen-bond acceptors (Lipinski definition) is 4. The van der Waals surface area contributed by atoms with E-state index in [-0.39, 0.29) is 0 Å². The van der Waals surface area contributed by atoms with E-state index in [1.165, 1.54) is 6.07 Å². The van der Waals surface area contributed by atoms with Gasteiger partial charge >= 0.3 is 12.4 Å². The highest BCUT2D eigenvalue weighted by Gasteiger charge is 2.77. The van der Waals surface area contributed by atoms with Gasteiger partial charge < -0.3 is 0 Å². The third kappa shape index (κ3) is 3.90. The normalized spacial score (nSPS) is 13.7. The van der Waals surface area contributed by atoms with Crippen LogP contribution in [0.1, 0.15) is 13.8 Å². The minimum absolute atomic E-state index is 0.342. The Morgan fingerprint density at radius 2 is 1.27 bits per heavy atom. The van der Waals surface area contributed by atoms with Crippen molar-refractivity contribution in [3.05, 3.63) is 30.3 Å². The fourth-order valence-corrected chi connectivity index (χ4v) is 3.84. The highest BCUT2D eigenvalue weighted by Crippen LogP contribution is 2.49. The van der Waals surface area contributed by atoms with Gasteiger partial charge in [-0.05, 0) is 26.0 Å². The summed E-state index contributed by atoms with van der Waals surface area (Å²) < 4.78 is 106. The van der Waals surface area contributed by atoms with Crippen molar-refractivity contribution >= 4 is 21.6 Å². The standard InChI is InChI=1S/C14H13F6NO4S/c1-8(22)11(9(2)23)12(13(15,16)17,14(18,19)20)21-26(24,25)10-6-4-3-5-7-10/h3-7,11,21H,1-2H3. The molecule has 0 aromatic heterocycles. The van der Waals surface area contributed by atoms with Gasteiger partial charge in [0, 0.05) is 0 Å². The Morgan fingerprint density at radius 3 is 1.58 bits per heavy atom. The van der Waals surface area contributed by atoms with Crippen LogP contribution in [-0.2, 0) is 19.6 Å². The molecule has 0 saturated heterocycles. The van der Waals surface area contributed by atoms with Crippen LogP contribution in [0.2, 0.25) is 0 Å². The summed E-state index contributed by atoms with van der Waals surface area (Å²) in [6.45, 7) is 0.685. The summed E-state index contributed by atoms with van der Waals surface area (Å²) >= 11 is 0. The molecule has 26 heavy (non-hydrogen) atoms. The molecule has 0 radical (unpaired) electrons. The fourth-order valence-electron chi connectivity index (χ4n) is 2.43. The predicted molar refractivity (Wildman–Crippen MR) is 76.5 cm³/mol. The van der Waals surface area contributed by atoms with Gasteiger partial charge in [-0.25, -0.2) is 8.42 Å².